The molecular formula is C7H11NO3. The largest absolute Gasteiger partial charge is 0.368 e. The number of hydrogen-bond donors (Lipinski definition) is 1. The molecule has 0 spiro atoms. The van der Waals surface area contributed by atoms with E-state index in [0.29, 0.717) is 6.61 Å². The van der Waals surface area contributed by atoms with E-state index in [9.17, 15) is 9.59 Å². The number of carbonyl (C=O) groups excluding carboxylic acids is 2. The lowest BCUT2D eigenvalue weighted by Gasteiger charge is -2.05. The number of amides is 2. The van der Waals surface area contributed by atoms with Gasteiger partial charge in [-0.2, -0.15) is 0 Å². The second-order valence-electron chi connectivity index (χ2n) is 2.48. The Morgan fingerprint density at radius 1 is 1.64 bits per heavy atom. The Morgan fingerprint density at radius 3 is 2.82 bits per heavy atom. The first-order chi connectivity index (χ1) is 5.24. The molecule has 4 nitrogen and oxygen atoms in total. The van der Waals surface area contributed by atoms with E-state index < -0.39 is 6.10 Å². The summed E-state index contributed by atoms with van der Waals surface area (Å²) in [4.78, 5) is 21.4. The van der Waals surface area contributed by atoms with Gasteiger partial charge in [0, 0.05) is 6.61 Å². The molecule has 0 aromatic carbocycles. The molecule has 1 atom stereocenters. The Balaban J connectivity index is 2.34. The van der Waals surface area contributed by atoms with Gasteiger partial charge in [0.25, 0.3) is 5.91 Å². The van der Waals surface area contributed by atoms with Crippen molar-refractivity contribution in [1.82, 2.24) is 5.32 Å². The molecule has 1 saturated heterocycles. The Morgan fingerprint density at radius 2 is 2.36 bits per heavy atom. The highest BCUT2D eigenvalue weighted by Crippen LogP contribution is 2.06. The van der Waals surface area contributed by atoms with Crippen molar-refractivity contribution >= 4 is 11.8 Å². The van der Waals surface area contributed by atoms with Gasteiger partial charge in [-0.3, -0.25) is 14.9 Å². The van der Waals surface area contributed by atoms with Crippen LogP contribution in [0.15, 0.2) is 0 Å². The topological polar surface area (TPSA) is 55.4 Å². The summed E-state index contributed by atoms with van der Waals surface area (Å²) in [6.07, 6.45) is 0.499. The Hall–Kier alpha value is -0.900. The highest BCUT2D eigenvalue weighted by atomic mass is 16.5. The quantitative estimate of drug-likeness (QED) is 0.578. The van der Waals surface area contributed by atoms with Gasteiger partial charge in [0.1, 0.15) is 6.10 Å². The molecule has 1 N–H and O–H groups in total. The molecule has 1 aliphatic heterocycles. The van der Waals surface area contributed by atoms with Gasteiger partial charge in [-0.15, -0.1) is 0 Å². The van der Waals surface area contributed by atoms with Crippen molar-refractivity contribution in [3.8, 4) is 0 Å². The summed E-state index contributed by atoms with van der Waals surface area (Å²) >= 11 is 0. The SMILES string of the molecule is CCCOC1CC(=O)NC1=O. The lowest BCUT2D eigenvalue weighted by atomic mass is 10.3. The Bertz CT molecular complexity index is 179. The summed E-state index contributed by atoms with van der Waals surface area (Å²) in [5, 5.41) is 2.17. The zero-order valence-corrected chi connectivity index (χ0v) is 6.42. The van der Waals surface area contributed by atoms with E-state index in [1.165, 1.54) is 0 Å². The van der Waals surface area contributed by atoms with Crippen LogP contribution in [-0.2, 0) is 14.3 Å². The Kier molecular flexibility index (Phi) is 2.59. The van der Waals surface area contributed by atoms with Gasteiger partial charge in [-0.1, -0.05) is 6.92 Å². The average molecular weight is 157 g/mol. The minimum atomic E-state index is -0.539. The molecule has 62 valence electrons. The van der Waals surface area contributed by atoms with Crippen molar-refractivity contribution in [3.05, 3.63) is 0 Å². The maximum atomic E-state index is 10.8. The van der Waals surface area contributed by atoms with Crippen LogP contribution in [0.25, 0.3) is 0 Å². The van der Waals surface area contributed by atoms with Crippen LogP contribution < -0.4 is 5.32 Å². The van der Waals surface area contributed by atoms with Crippen molar-refractivity contribution in [1.29, 1.82) is 0 Å². The first-order valence-corrected chi connectivity index (χ1v) is 3.69. The van der Waals surface area contributed by atoms with E-state index in [0.717, 1.165) is 6.42 Å². The third-order valence-corrected chi connectivity index (χ3v) is 1.45. The summed E-state index contributed by atoms with van der Waals surface area (Å²) in [7, 11) is 0. The predicted molar refractivity (Wildman–Crippen MR) is 37.8 cm³/mol. The Labute approximate surface area is 64.9 Å². The molecule has 1 heterocycles. The van der Waals surface area contributed by atoms with E-state index in [1.807, 2.05) is 6.92 Å². The molecule has 1 aliphatic rings. The first kappa shape index (κ1) is 8.20. The highest BCUT2D eigenvalue weighted by molar-refractivity contribution is 6.04. The second-order valence-corrected chi connectivity index (χ2v) is 2.48. The monoisotopic (exact) mass is 157 g/mol. The van der Waals surface area contributed by atoms with Gasteiger partial charge >= 0.3 is 0 Å². The van der Waals surface area contributed by atoms with Crippen molar-refractivity contribution in [2.45, 2.75) is 25.9 Å². The fourth-order valence-corrected chi connectivity index (χ4v) is 0.925. The van der Waals surface area contributed by atoms with Crippen molar-refractivity contribution in [2.75, 3.05) is 6.61 Å². The molecule has 1 fully saturated rings. The molecule has 0 aliphatic carbocycles. The normalized spacial score (nSPS) is 23.9. The number of hydrogen-bond acceptors (Lipinski definition) is 3. The first-order valence-electron chi connectivity index (χ1n) is 3.69. The zero-order chi connectivity index (χ0) is 8.27. The molecule has 0 aromatic heterocycles. The fourth-order valence-electron chi connectivity index (χ4n) is 0.925. The summed E-state index contributed by atoms with van der Waals surface area (Å²) in [5.74, 6) is -0.542. The fraction of sp³-hybridized carbons (Fsp3) is 0.714. The molecule has 0 bridgehead atoms. The van der Waals surface area contributed by atoms with Gasteiger partial charge in [-0.05, 0) is 6.42 Å². The van der Waals surface area contributed by atoms with Gasteiger partial charge in [0.15, 0.2) is 0 Å². The van der Waals surface area contributed by atoms with Crippen LogP contribution in [0, 0.1) is 0 Å². The molecule has 11 heavy (non-hydrogen) atoms. The van der Waals surface area contributed by atoms with E-state index >= 15 is 0 Å². The van der Waals surface area contributed by atoms with Gasteiger partial charge in [0.05, 0.1) is 6.42 Å². The van der Waals surface area contributed by atoms with Crippen molar-refractivity contribution in [2.24, 2.45) is 0 Å². The minimum absolute atomic E-state index is 0.179. The molecule has 0 radical (unpaired) electrons. The van der Waals surface area contributed by atoms with Crippen LogP contribution in [0.3, 0.4) is 0 Å². The molecule has 0 saturated carbocycles. The third-order valence-electron chi connectivity index (χ3n) is 1.45. The number of carbonyl (C=O) groups is 2. The molecule has 2 amide bonds. The summed E-state index contributed by atoms with van der Waals surface area (Å²) < 4.78 is 5.10. The van der Waals surface area contributed by atoms with E-state index in [1.54, 1.807) is 0 Å². The predicted octanol–water partition coefficient (Wildman–Crippen LogP) is -0.172. The van der Waals surface area contributed by atoms with Crippen LogP contribution in [0.1, 0.15) is 19.8 Å². The van der Waals surface area contributed by atoms with Crippen LogP contribution in [0.2, 0.25) is 0 Å². The zero-order valence-electron chi connectivity index (χ0n) is 6.42. The molecular weight excluding hydrogens is 146 g/mol. The lowest BCUT2D eigenvalue weighted by molar-refractivity contribution is -0.129. The molecule has 0 aromatic rings. The van der Waals surface area contributed by atoms with Crippen molar-refractivity contribution < 1.29 is 14.3 Å². The van der Waals surface area contributed by atoms with Gasteiger partial charge < -0.3 is 4.74 Å². The summed E-state index contributed by atoms with van der Waals surface area (Å²) in [6, 6.07) is 0. The maximum absolute atomic E-state index is 10.8. The number of imide groups is 1. The van der Waals surface area contributed by atoms with Crippen LogP contribution in [0.5, 0.6) is 0 Å². The van der Waals surface area contributed by atoms with Gasteiger partial charge in [0.2, 0.25) is 5.91 Å². The number of ether oxygens (including phenoxy) is 1. The molecule has 4 heteroatoms. The standard InChI is InChI=1S/C7H11NO3/c1-2-3-11-5-4-6(9)8-7(5)10/h5H,2-4H2,1H3,(H,8,9,10). The van der Waals surface area contributed by atoms with E-state index in [-0.39, 0.29) is 18.2 Å². The maximum Gasteiger partial charge on any atom is 0.256 e. The minimum Gasteiger partial charge on any atom is -0.368 e. The lowest BCUT2D eigenvalue weighted by Crippen LogP contribution is -2.26. The van der Waals surface area contributed by atoms with Crippen molar-refractivity contribution in [3.63, 3.8) is 0 Å². The highest BCUT2D eigenvalue weighted by Gasteiger charge is 2.30. The van der Waals surface area contributed by atoms with E-state index in [4.69, 9.17) is 4.74 Å². The average Bonchev–Trinajstić information content (AvgIpc) is 2.26. The number of nitrogens with one attached hydrogen (secondary N) is 1. The van der Waals surface area contributed by atoms with Gasteiger partial charge in [-0.25, -0.2) is 0 Å². The third kappa shape index (κ3) is 2.01. The van der Waals surface area contributed by atoms with E-state index in [2.05, 4.69) is 5.32 Å². The molecule has 1 rings (SSSR count). The second kappa shape index (κ2) is 3.48. The van der Waals surface area contributed by atoms with Crippen LogP contribution in [0.4, 0.5) is 0 Å². The van der Waals surface area contributed by atoms with Crippen LogP contribution in [-0.4, -0.2) is 24.5 Å². The number of rotatable bonds is 3. The smallest absolute Gasteiger partial charge is 0.256 e. The van der Waals surface area contributed by atoms with Crippen LogP contribution >= 0.6 is 0 Å². The molecule has 1 unspecified atom stereocenters. The summed E-state index contributed by atoms with van der Waals surface area (Å²) in [5.41, 5.74) is 0. The summed E-state index contributed by atoms with van der Waals surface area (Å²) in [6.45, 7) is 2.49.